The molecule has 1 aliphatic rings. The van der Waals surface area contributed by atoms with Gasteiger partial charge in [0.1, 0.15) is 18.1 Å². The Labute approximate surface area is 120 Å². The molecule has 0 unspecified atom stereocenters. The molecule has 1 aromatic heterocycles. The second kappa shape index (κ2) is 4.70. The van der Waals surface area contributed by atoms with Gasteiger partial charge in [-0.3, -0.25) is 14.4 Å². The fraction of sp³-hybridized carbons (Fsp3) is 0.188. The summed E-state index contributed by atoms with van der Waals surface area (Å²) in [6, 6.07) is 6.80. The zero-order chi connectivity index (χ0) is 15.1. The third kappa shape index (κ3) is 1.98. The van der Waals surface area contributed by atoms with Crippen molar-refractivity contribution in [2.75, 3.05) is 0 Å². The maximum absolute atomic E-state index is 12.3. The van der Waals surface area contributed by atoms with Crippen LogP contribution in [0, 0.1) is 6.92 Å². The van der Waals surface area contributed by atoms with Crippen LogP contribution in [-0.2, 0) is 16.1 Å². The van der Waals surface area contributed by atoms with Crippen LogP contribution in [0.25, 0.3) is 11.3 Å². The van der Waals surface area contributed by atoms with Crippen molar-refractivity contribution in [3.05, 3.63) is 46.7 Å². The Balaban J connectivity index is 2.20. The van der Waals surface area contributed by atoms with Crippen LogP contribution in [0.2, 0.25) is 0 Å². The summed E-state index contributed by atoms with van der Waals surface area (Å²) in [5, 5.41) is 0. The van der Waals surface area contributed by atoms with Gasteiger partial charge in [0.2, 0.25) is 11.6 Å². The SMILES string of the molecule is CC(=O)OCc1c(C)oc2c1C(=O)C(=O)c1ccccc1-2. The average Bonchev–Trinajstić information content (AvgIpc) is 2.79. The van der Waals surface area contributed by atoms with Crippen molar-refractivity contribution < 1.29 is 23.5 Å². The number of hydrogen-bond acceptors (Lipinski definition) is 5. The smallest absolute Gasteiger partial charge is 0.302 e. The lowest BCUT2D eigenvalue weighted by molar-refractivity contribution is -0.142. The third-order valence-electron chi connectivity index (χ3n) is 3.48. The number of hydrogen-bond donors (Lipinski definition) is 0. The van der Waals surface area contributed by atoms with Crippen molar-refractivity contribution in [3.63, 3.8) is 0 Å². The van der Waals surface area contributed by atoms with Crippen LogP contribution < -0.4 is 0 Å². The molecule has 106 valence electrons. The number of ether oxygens (including phenoxy) is 1. The number of aryl methyl sites for hydroxylation is 1. The first-order chi connectivity index (χ1) is 10.0. The first kappa shape index (κ1) is 13.3. The van der Waals surface area contributed by atoms with Gasteiger partial charge in [-0.15, -0.1) is 0 Å². The van der Waals surface area contributed by atoms with Gasteiger partial charge in [-0.1, -0.05) is 24.3 Å². The van der Waals surface area contributed by atoms with Crippen LogP contribution in [0.15, 0.2) is 28.7 Å². The maximum atomic E-state index is 12.3. The maximum Gasteiger partial charge on any atom is 0.302 e. The molecule has 1 aromatic carbocycles. The highest BCUT2D eigenvalue weighted by Gasteiger charge is 2.36. The van der Waals surface area contributed by atoms with Gasteiger partial charge < -0.3 is 9.15 Å². The molecule has 0 spiro atoms. The normalized spacial score (nSPS) is 12.9. The van der Waals surface area contributed by atoms with E-state index in [1.165, 1.54) is 6.92 Å². The Hall–Kier alpha value is -2.69. The highest BCUT2D eigenvalue weighted by molar-refractivity contribution is 6.53. The van der Waals surface area contributed by atoms with Gasteiger partial charge in [-0.25, -0.2) is 0 Å². The van der Waals surface area contributed by atoms with Crippen LogP contribution in [0.3, 0.4) is 0 Å². The topological polar surface area (TPSA) is 73.6 Å². The van der Waals surface area contributed by atoms with Gasteiger partial charge in [-0.05, 0) is 6.92 Å². The lowest BCUT2D eigenvalue weighted by atomic mass is 9.87. The summed E-state index contributed by atoms with van der Waals surface area (Å²) in [5.74, 6) is -0.807. The Morgan fingerprint density at radius 3 is 2.48 bits per heavy atom. The summed E-state index contributed by atoms with van der Waals surface area (Å²) in [6.07, 6.45) is 0. The van der Waals surface area contributed by atoms with E-state index in [0.29, 0.717) is 28.2 Å². The van der Waals surface area contributed by atoms with E-state index in [9.17, 15) is 14.4 Å². The van der Waals surface area contributed by atoms with Crippen molar-refractivity contribution in [1.82, 2.24) is 0 Å². The van der Waals surface area contributed by atoms with E-state index in [1.54, 1.807) is 31.2 Å². The van der Waals surface area contributed by atoms with Gasteiger partial charge in [-0.2, -0.15) is 0 Å². The van der Waals surface area contributed by atoms with Gasteiger partial charge in [0.15, 0.2) is 0 Å². The standard InChI is InChI=1S/C16H12O5/c1-8-12(7-20-9(2)17)13-15(19)14(18)10-5-3-4-6-11(10)16(13)21-8/h3-6H,7H2,1-2H3. The third-order valence-corrected chi connectivity index (χ3v) is 3.48. The van der Waals surface area contributed by atoms with Crippen molar-refractivity contribution >= 4 is 17.5 Å². The van der Waals surface area contributed by atoms with Crippen molar-refractivity contribution in [1.29, 1.82) is 0 Å². The Kier molecular flexibility index (Phi) is 2.97. The molecule has 3 rings (SSSR count). The second-order valence-corrected chi connectivity index (χ2v) is 4.83. The molecule has 0 bridgehead atoms. The number of carbonyl (C=O) groups is 3. The first-order valence-corrected chi connectivity index (χ1v) is 6.44. The number of rotatable bonds is 2. The van der Waals surface area contributed by atoms with Crippen LogP contribution >= 0.6 is 0 Å². The summed E-state index contributed by atoms with van der Waals surface area (Å²) in [7, 11) is 0. The summed E-state index contributed by atoms with van der Waals surface area (Å²) >= 11 is 0. The number of furan rings is 1. The molecule has 21 heavy (non-hydrogen) atoms. The van der Waals surface area contributed by atoms with Gasteiger partial charge in [0, 0.05) is 23.6 Å². The van der Waals surface area contributed by atoms with Gasteiger partial charge in [0.05, 0.1) is 5.56 Å². The number of Topliss-reactive ketones (excluding diaryl/α,β-unsaturated/α-hetero) is 2. The van der Waals surface area contributed by atoms with Gasteiger partial charge >= 0.3 is 5.97 Å². The minimum Gasteiger partial charge on any atom is -0.461 e. The average molecular weight is 284 g/mol. The number of fused-ring (bicyclic) bond motifs is 3. The molecular weight excluding hydrogens is 272 g/mol. The number of ketones is 2. The van der Waals surface area contributed by atoms with Crippen LogP contribution in [0.4, 0.5) is 0 Å². The van der Waals surface area contributed by atoms with Crippen molar-refractivity contribution in [3.8, 4) is 11.3 Å². The molecule has 1 heterocycles. The monoisotopic (exact) mass is 284 g/mol. The van der Waals surface area contributed by atoms with Crippen LogP contribution in [0.5, 0.6) is 0 Å². The molecule has 0 aliphatic heterocycles. The number of carbonyl (C=O) groups excluding carboxylic acids is 3. The van der Waals surface area contributed by atoms with Crippen molar-refractivity contribution in [2.24, 2.45) is 0 Å². The molecular formula is C16H12O5. The molecule has 0 atom stereocenters. The molecule has 0 N–H and O–H groups in total. The highest BCUT2D eigenvalue weighted by atomic mass is 16.5. The fourth-order valence-corrected chi connectivity index (χ4v) is 2.47. The largest absolute Gasteiger partial charge is 0.461 e. The summed E-state index contributed by atoms with van der Waals surface area (Å²) in [6.45, 7) is 2.88. The van der Waals surface area contributed by atoms with Crippen LogP contribution in [0.1, 0.15) is 39.0 Å². The minimum atomic E-state index is -0.622. The molecule has 2 aromatic rings. The van der Waals surface area contributed by atoms with E-state index < -0.39 is 17.5 Å². The second-order valence-electron chi connectivity index (χ2n) is 4.83. The first-order valence-electron chi connectivity index (χ1n) is 6.44. The molecule has 5 heteroatoms. The van der Waals surface area contributed by atoms with E-state index in [0.717, 1.165) is 0 Å². The molecule has 0 radical (unpaired) electrons. The van der Waals surface area contributed by atoms with Crippen molar-refractivity contribution in [2.45, 2.75) is 20.5 Å². The zero-order valence-corrected chi connectivity index (χ0v) is 11.6. The Morgan fingerprint density at radius 2 is 1.81 bits per heavy atom. The highest BCUT2D eigenvalue weighted by Crippen LogP contribution is 2.38. The Morgan fingerprint density at radius 1 is 1.14 bits per heavy atom. The lowest BCUT2D eigenvalue weighted by Crippen LogP contribution is -2.21. The Bertz CT molecular complexity index is 782. The molecule has 0 saturated heterocycles. The van der Waals surface area contributed by atoms with Crippen LogP contribution in [-0.4, -0.2) is 17.5 Å². The van der Waals surface area contributed by atoms with E-state index in [-0.39, 0.29) is 12.2 Å². The quantitative estimate of drug-likeness (QED) is 0.626. The van der Waals surface area contributed by atoms with E-state index >= 15 is 0 Å². The van der Waals surface area contributed by atoms with E-state index in [1.807, 2.05) is 0 Å². The predicted octanol–water partition coefficient (Wildman–Crippen LogP) is 2.70. The summed E-state index contributed by atoms with van der Waals surface area (Å²) < 4.78 is 10.6. The molecule has 5 nitrogen and oxygen atoms in total. The molecule has 1 aliphatic carbocycles. The zero-order valence-electron chi connectivity index (χ0n) is 11.6. The number of esters is 1. The minimum absolute atomic E-state index is 0.0822. The summed E-state index contributed by atoms with van der Waals surface area (Å²) in [5.41, 5.74) is 1.59. The van der Waals surface area contributed by atoms with E-state index in [2.05, 4.69) is 0 Å². The molecule has 0 fully saturated rings. The predicted molar refractivity (Wildman–Crippen MR) is 73.0 cm³/mol. The summed E-state index contributed by atoms with van der Waals surface area (Å²) in [4.78, 5) is 35.4. The lowest BCUT2D eigenvalue weighted by Gasteiger charge is -2.13. The van der Waals surface area contributed by atoms with Gasteiger partial charge in [0.25, 0.3) is 0 Å². The number of benzene rings is 1. The molecule has 0 amide bonds. The fourth-order valence-electron chi connectivity index (χ4n) is 2.47. The van der Waals surface area contributed by atoms with E-state index in [4.69, 9.17) is 9.15 Å². The molecule has 0 saturated carbocycles.